The largest absolute Gasteiger partial charge is 0.477 e. The van der Waals surface area contributed by atoms with E-state index in [2.05, 4.69) is 10.3 Å². The van der Waals surface area contributed by atoms with Crippen LogP contribution < -0.4 is 5.32 Å². The van der Waals surface area contributed by atoms with Crippen molar-refractivity contribution in [3.05, 3.63) is 24.0 Å². The van der Waals surface area contributed by atoms with Crippen LogP contribution in [0.3, 0.4) is 0 Å². The minimum absolute atomic E-state index is 0.00743. The van der Waals surface area contributed by atoms with Gasteiger partial charge < -0.3 is 15.3 Å². The van der Waals surface area contributed by atoms with Crippen molar-refractivity contribution >= 4 is 35.2 Å². The Morgan fingerprint density at radius 2 is 2.26 bits per heavy atom. The summed E-state index contributed by atoms with van der Waals surface area (Å²) in [6.07, 6.45) is 1.27. The molecule has 2 N–H and O–H groups in total. The number of hydrogen-bond acceptors (Lipinski definition) is 5. The van der Waals surface area contributed by atoms with Crippen molar-refractivity contribution in [1.29, 1.82) is 0 Å². The number of carboxylic acids is 1. The molecule has 0 bridgehead atoms. The van der Waals surface area contributed by atoms with E-state index >= 15 is 0 Å². The number of hydrogen-bond donors (Lipinski definition) is 2. The van der Waals surface area contributed by atoms with Gasteiger partial charge in [-0.1, -0.05) is 0 Å². The fourth-order valence-corrected chi connectivity index (χ4v) is 2.41. The molecule has 0 radical (unpaired) electrons. The zero-order valence-electron chi connectivity index (χ0n) is 9.83. The number of amides is 2. The van der Waals surface area contributed by atoms with E-state index in [1.807, 2.05) is 0 Å². The van der Waals surface area contributed by atoms with Crippen molar-refractivity contribution < 1.29 is 19.5 Å². The SMILES string of the molecule is O=C(CN1CSCC1=O)Nc1ccc(C(=O)O)nc1. The van der Waals surface area contributed by atoms with Crippen molar-refractivity contribution in [2.75, 3.05) is 23.5 Å². The molecule has 1 fully saturated rings. The Hall–Kier alpha value is -2.09. The average Bonchev–Trinajstić information content (AvgIpc) is 2.75. The summed E-state index contributed by atoms with van der Waals surface area (Å²) in [5.41, 5.74) is 0.304. The number of aromatic carboxylic acids is 1. The van der Waals surface area contributed by atoms with Gasteiger partial charge in [0.2, 0.25) is 11.8 Å². The molecule has 0 spiro atoms. The first-order valence-electron chi connectivity index (χ1n) is 5.41. The summed E-state index contributed by atoms with van der Waals surface area (Å²) in [5.74, 6) is -0.595. The fourth-order valence-electron chi connectivity index (χ4n) is 1.51. The van der Waals surface area contributed by atoms with Crippen LogP contribution in [0.1, 0.15) is 10.5 Å². The van der Waals surface area contributed by atoms with Crippen LogP contribution in [0, 0.1) is 0 Å². The Bertz CT molecular complexity index is 517. The van der Waals surface area contributed by atoms with Crippen molar-refractivity contribution in [2.24, 2.45) is 0 Å². The molecule has 0 saturated carbocycles. The normalized spacial score (nSPS) is 14.5. The van der Waals surface area contributed by atoms with Gasteiger partial charge in [0.15, 0.2) is 0 Å². The first-order valence-corrected chi connectivity index (χ1v) is 6.56. The summed E-state index contributed by atoms with van der Waals surface area (Å²) in [5, 5.41) is 11.2. The van der Waals surface area contributed by atoms with Crippen LogP contribution >= 0.6 is 11.8 Å². The third-order valence-corrected chi connectivity index (χ3v) is 3.37. The number of aromatic nitrogens is 1. The van der Waals surface area contributed by atoms with Gasteiger partial charge >= 0.3 is 5.97 Å². The highest BCUT2D eigenvalue weighted by Gasteiger charge is 2.22. The van der Waals surface area contributed by atoms with Crippen LogP contribution in [0.2, 0.25) is 0 Å². The number of carboxylic acid groups (broad SMARTS) is 1. The molecule has 2 amide bonds. The molecular formula is C11H11N3O4S. The highest BCUT2D eigenvalue weighted by Crippen LogP contribution is 2.14. The predicted octanol–water partition coefficient (Wildman–Crippen LogP) is 0.251. The van der Waals surface area contributed by atoms with Crippen LogP contribution in [-0.4, -0.2) is 50.9 Å². The molecule has 1 aromatic heterocycles. The maximum Gasteiger partial charge on any atom is 0.354 e. The predicted molar refractivity (Wildman–Crippen MR) is 68.9 cm³/mol. The van der Waals surface area contributed by atoms with E-state index in [0.29, 0.717) is 17.3 Å². The average molecular weight is 281 g/mol. The molecule has 2 rings (SSSR count). The first kappa shape index (κ1) is 13.3. The maximum absolute atomic E-state index is 11.7. The summed E-state index contributed by atoms with van der Waals surface area (Å²) in [7, 11) is 0. The van der Waals surface area contributed by atoms with Gasteiger partial charge in [0.1, 0.15) is 12.2 Å². The summed E-state index contributed by atoms with van der Waals surface area (Å²) in [6.45, 7) is -0.00743. The van der Waals surface area contributed by atoms with Gasteiger partial charge in [0.05, 0.1) is 23.5 Å². The number of nitrogens with one attached hydrogen (secondary N) is 1. The molecule has 100 valence electrons. The number of thioether (sulfide) groups is 1. The Morgan fingerprint density at radius 3 is 2.79 bits per heavy atom. The second kappa shape index (κ2) is 5.70. The van der Waals surface area contributed by atoms with Crippen LogP contribution in [0.4, 0.5) is 5.69 Å². The lowest BCUT2D eigenvalue weighted by atomic mass is 10.3. The van der Waals surface area contributed by atoms with Gasteiger partial charge in [-0.15, -0.1) is 11.8 Å². The lowest BCUT2D eigenvalue weighted by Crippen LogP contribution is -2.34. The lowest BCUT2D eigenvalue weighted by molar-refractivity contribution is -0.130. The summed E-state index contributed by atoms with van der Waals surface area (Å²) in [6, 6.07) is 2.75. The van der Waals surface area contributed by atoms with Gasteiger partial charge in [0, 0.05) is 0 Å². The topological polar surface area (TPSA) is 99.6 Å². The number of carbonyl (C=O) groups is 3. The second-order valence-corrected chi connectivity index (χ2v) is 4.81. The fraction of sp³-hybridized carbons (Fsp3) is 0.273. The second-order valence-electron chi connectivity index (χ2n) is 3.85. The Morgan fingerprint density at radius 1 is 1.47 bits per heavy atom. The zero-order valence-corrected chi connectivity index (χ0v) is 10.6. The van der Waals surface area contributed by atoms with Gasteiger partial charge in [-0.3, -0.25) is 9.59 Å². The number of pyridine rings is 1. The first-order chi connectivity index (χ1) is 9.06. The number of nitrogens with zero attached hydrogens (tertiary/aromatic N) is 2. The van der Waals surface area contributed by atoms with Crippen molar-refractivity contribution in [3.8, 4) is 0 Å². The maximum atomic E-state index is 11.7. The molecule has 2 heterocycles. The molecular weight excluding hydrogens is 270 g/mol. The Balaban J connectivity index is 1.91. The third-order valence-electron chi connectivity index (χ3n) is 2.43. The van der Waals surface area contributed by atoms with Crippen LogP contribution in [0.25, 0.3) is 0 Å². The number of anilines is 1. The summed E-state index contributed by atoms with van der Waals surface area (Å²) < 4.78 is 0. The zero-order chi connectivity index (χ0) is 13.8. The highest BCUT2D eigenvalue weighted by atomic mass is 32.2. The van der Waals surface area contributed by atoms with E-state index in [1.165, 1.54) is 35.0 Å². The van der Waals surface area contributed by atoms with Crippen molar-refractivity contribution in [3.63, 3.8) is 0 Å². The Kier molecular flexibility index (Phi) is 4.00. The molecule has 19 heavy (non-hydrogen) atoms. The van der Waals surface area contributed by atoms with Gasteiger partial charge in [-0.05, 0) is 12.1 Å². The smallest absolute Gasteiger partial charge is 0.354 e. The molecule has 7 nitrogen and oxygen atoms in total. The molecule has 0 unspecified atom stereocenters. The summed E-state index contributed by atoms with van der Waals surface area (Å²) >= 11 is 1.46. The van der Waals surface area contributed by atoms with Crippen LogP contribution in [0.15, 0.2) is 18.3 Å². The van der Waals surface area contributed by atoms with E-state index < -0.39 is 5.97 Å². The quantitative estimate of drug-likeness (QED) is 0.820. The van der Waals surface area contributed by atoms with Crippen LogP contribution in [0.5, 0.6) is 0 Å². The third kappa shape index (κ3) is 3.44. The van der Waals surface area contributed by atoms with E-state index in [0.717, 1.165) is 0 Å². The van der Waals surface area contributed by atoms with E-state index in [9.17, 15) is 14.4 Å². The minimum atomic E-state index is -1.13. The molecule has 1 saturated heterocycles. The molecule has 0 aliphatic carbocycles. The molecule has 1 aliphatic heterocycles. The van der Waals surface area contributed by atoms with Gasteiger partial charge in [-0.25, -0.2) is 9.78 Å². The summed E-state index contributed by atoms with van der Waals surface area (Å²) in [4.78, 5) is 38.7. The van der Waals surface area contributed by atoms with E-state index in [1.54, 1.807) is 0 Å². The van der Waals surface area contributed by atoms with Gasteiger partial charge in [-0.2, -0.15) is 0 Å². The molecule has 0 atom stereocenters. The standard InChI is InChI=1S/C11H11N3O4S/c15-9(4-14-6-19-5-10(14)16)13-7-1-2-8(11(17)18)12-3-7/h1-3H,4-6H2,(H,13,15)(H,17,18). The number of carbonyl (C=O) groups excluding carboxylic acids is 2. The number of rotatable bonds is 4. The monoisotopic (exact) mass is 281 g/mol. The van der Waals surface area contributed by atoms with Gasteiger partial charge in [0.25, 0.3) is 0 Å². The molecule has 1 aromatic rings. The lowest BCUT2D eigenvalue weighted by Gasteiger charge is -2.13. The van der Waals surface area contributed by atoms with Crippen LogP contribution in [-0.2, 0) is 9.59 Å². The van der Waals surface area contributed by atoms with E-state index in [-0.39, 0.29) is 24.1 Å². The van der Waals surface area contributed by atoms with E-state index in [4.69, 9.17) is 5.11 Å². The molecule has 1 aliphatic rings. The van der Waals surface area contributed by atoms with Crippen molar-refractivity contribution in [1.82, 2.24) is 9.88 Å². The highest BCUT2D eigenvalue weighted by molar-refractivity contribution is 8.00. The molecule has 0 aromatic carbocycles. The molecule has 8 heteroatoms. The minimum Gasteiger partial charge on any atom is -0.477 e. The van der Waals surface area contributed by atoms with Crippen molar-refractivity contribution in [2.45, 2.75) is 0 Å². The Labute approximate surface area is 113 Å².